The van der Waals surface area contributed by atoms with Crippen molar-refractivity contribution in [2.75, 3.05) is 11.5 Å². The fourth-order valence-corrected chi connectivity index (χ4v) is 5.18. The summed E-state index contributed by atoms with van der Waals surface area (Å²) in [5.41, 5.74) is 8.51. The van der Waals surface area contributed by atoms with Gasteiger partial charge < -0.3 is 15.6 Å². The first-order valence-electron chi connectivity index (χ1n) is 9.06. The van der Waals surface area contributed by atoms with Crippen molar-refractivity contribution < 1.29 is 9.84 Å². The standard InChI is InChI=1S/C21H25NO2S/c22-17-13-20(14-17)24-19-7-3-16(4-8-19)21(9-11-25-12-10-21)15-1-5-18(23)6-2-15/h1-8,17,20,23H,9-14,22H2. The predicted molar refractivity (Wildman–Crippen MR) is 104 cm³/mol. The molecular weight excluding hydrogens is 330 g/mol. The molecular formula is C21H25NO2S. The number of benzene rings is 2. The Bertz CT molecular complexity index is 702. The normalized spacial score (nSPS) is 25.2. The van der Waals surface area contributed by atoms with Gasteiger partial charge >= 0.3 is 0 Å². The lowest BCUT2D eigenvalue weighted by Gasteiger charge is -2.38. The fourth-order valence-electron chi connectivity index (χ4n) is 3.99. The second-order valence-corrected chi connectivity index (χ2v) is 8.46. The summed E-state index contributed by atoms with van der Waals surface area (Å²) >= 11 is 2.03. The van der Waals surface area contributed by atoms with Crippen molar-refractivity contribution in [1.82, 2.24) is 0 Å². The molecule has 2 aliphatic rings. The third-order valence-electron chi connectivity index (χ3n) is 5.61. The van der Waals surface area contributed by atoms with Gasteiger partial charge in [-0.05, 0) is 72.6 Å². The molecule has 0 radical (unpaired) electrons. The summed E-state index contributed by atoms with van der Waals surface area (Å²) in [6, 6.07) is 16.7. The molecule has 0 spiro atoms. The maximum atomic E-state index is 9.65. The first-order valence-corrected chi connectivity index (χ1v) is 10.2. The SMILES string of the molecule is NC1CC(Oc2ccc(C3(c4ccc(O)cc4)CCSCC3)cc2)C1. The van der Waals surface area contributed by atoms with Crippen LogP contribution in [0.4, 0.5) is 0 Å². The molecule has 25 heavy (non-hydrogen) atoms. The molecule has 0 atom stereocenters. The zero-order valence-electron chi connectivity index (χ0n) is 14.4. The molecule has 3 nitrogen and oxygen atoms in total. The van der Waals surface area contributed by atoms with Crippen LogP contribution in [0.5, 0.6) is 11.5 Å². The van der Waals surface area contributed by atoms with Gasteiger partial charge in [-0.1, -0.05) is 24.3 Å². The molecule has 0 amide bonds. The maximum absolute atomic E-state index is 9.65. The van der Waals surface area contributed by atoms with Gasteiger partial charge in [0.1, 0.15) is 17.6 Å². The van der Waals surface area contributed by atoms with E-state index in [1.54, 1.807) is 12.1 Å². The van der Waals surface area contributed by atoms with Crippen molar-refractivity contribution in [3.63, 3.8) is 0 Å². The third kappa shape index (κ3) is 3.38. The molecule has 4 rings (SSSR count). The highest BCUT2D eigenvalue weighted by atomic mass is 32.2. The van der Waals surface area contributed by atoms with Crippen molar-refractivity contribution in [3.8, 4) is 11.5 Å². The van der Waals surface area contributed by atoms with Crippen LogP contribution in [0.15, 0.2) is 48.5 Å². The van der Waals surface area contributed by atoms with E-state index in [0.29, 0.717) is 11.8 Å². The molecule has 2 fully saturated rings. The zero-order chi connectivity index (χ0) is 17.3. The van der Waals surface area contributed by atoms with Crippen molar-refractivity contribution in [2.24, 2.45) is 5.73 Å². The molecule has 1 heterocycles. The smallest absolute Gasteiger partial charge is 0.119 e. The second-order valence-electron chi connectivity index (χ2n) is 7.24. The van der Waals surface area contributed by atoms with E-state index in [2.05, 4.69) is 36.4 Å². The summed E-state index contributed by atoms with van der Waals surface area (Å²) in [4.78, 5) is 0. The Hall–Kier alpha value is -1.65. The molecule has 3 N–H and O–H groups in total. The predicted octanol–water partition coefficient (Wildman–Crippen LogP) is 4.07. The molecule has 0 unspecified atom stereocenters. The number of phenols is 1. The van der Waals surface area contributed by atoms with Gasteiger partial charge in [0.05, 0.1) is 0 Å². The molecule has 4 heteroatoms. The number of hydrogen-bond donors (Lipinski definition) is 2. The van der Waals surface area contributed by atoms with Gasteiger partial charge in [-0.2, -0.15) is 11.8 Å². The molecule has 2 aromatic rings. The quantitative estimate of drug-likeness (QED) is 0.868. The highest BCUT2D eigenvalue weighted by Crippen LogP contribution is 2.44. The molecule has 1 saturated heterocycles. The average molecular weight is 356 g/mol. The van der Waals surface area contributed by atoms with Crippen LogP contribution in [0.3, 0.4) is 0 Å². The first-order chi connectivity index (χ1) is 12.2. The summed E-state index contributed by atoms with van der Waals surface area (Å²) in [5.74, 6) is 3.59. The second kappa shape index (κ2) is 6.93. The lowest BCUT2D eigenvalue weighted by atomic mass is 9.70. The minimum absolute atomic E-state index is 0.0380. The van der Waals surface area contributed by atoms with E-state index < -0.39 is 0 Å². The lowest BCUT2D eigenvalue weighted by Crippen LogP contribution is -2.43. The van der Waals surface area contributed by atoms with Crippen LogP contribution in [-0.4, -0.2) is 28.8 Å². The molecule has 1 aliphatic heterocycles. The third-order valence-corrected chi connectivity index (χ3v) is 6.59. The summed E-state index contributed by atoms with van der Waals surface area (Å²) in [7, 11) is 0. The van der Waals surface area contributed by atoms with Gasteiger partial charge in [0.25, 0.3) is 0 Å². The van der Waals surface area contributed by atoms with E-state index >= 15 is 0 Å². The number of phenolic OH excluding ortho intramolecular Hbond substituents is 1. The molecule has 0 aromatic heterocycles. The summed E-state index contributed by atoms with van der Waals surface area (Å²) in [6.45, 7) is 0. The minimum Gasteiger partial charge on any atom is -0.508 e. The van der Waals surface area contributed by atoms with Gasteiger partial charge in [-0.15, -0.1) is 0 Å². The van der Waals surface area contributed by atoms with E-state index in [4.69, 9.17) is 10.5 Å². The van der Waals surface area contributed by atoms with Crippen LogP contribution in [0.1, 0.15) is 36.8 Å². The largest absolute Gasteiger partial charge is 0.508 e. The van der Waals surface area contributed by atoms with Crippen molar-refractivity contribution in [2.45, 2.75) is 43.2 Å². The van der Waals surface area contributed by atoms with Crippen LogP contribution in [0.25, 0.3) is 0 Å². The zero-order valence-corrected chi connectivity index (χ0v) is 15.2. The molecule has 0 bridgehead atoms. The topological polar surface area (TPSA) is 55.5 Å². The van der Waals surface area contributed by atoms with E-state index in [-0.39, 0.29) is 11.5 Å². The highest BCUT2D eigenvalue weighted by molar-refractivity contribution is 7.99. The highest BCUT2D eigenvalue weighted by Gasteiger charge is 2.36. The number of aromatic hydroxyl groups is 1. The Labute approximate surface area is 153 Å². The van der Waals surface area contributed by atoms with Gasteiger partial charge in [-0.25, -0.2) is 0 Å². The van der Waals surface area contributed by atoms with E-state index in [9.17, 15) is 5.11 Å². The van der Waals surface area contributed by atoms with Gasteiger partial charge in [0, 0.05) is 11.5 Å². The number of nitrogens with two attached hydrogens (primary N) is 1. The van der Waals surface area contributed by atoms with Crippen molar-refractivity contribution in [3.05, 3.63) is 59.7 Å². The Balaban J connectivity index is 1.60. The Kier molecular flexibility index (Phi) is 4.65. The molecule has 1 saturated carbocycles. The van der Waals surface area contributed by atoms with Crippen molar-refractivity contribution >= 4 is 11.8 Å². The molecule has 132 valence electrons. The van der Waals surface area contributed by atoms with E-state index in [0.717, 1.165) is 31.4 Å². The summed E-state index contributed by atoms with van der Waals surface area (Å²) < 4.78 is 6.00. The number of rotatable bonds is 4. The van der Waals surface area contributed by atoms with Crippen LogP contribution in [0.2, 0.25) is 0 Å². The van der Waals surface area contributed by atoms with Crippen molar-refractivity contribution in [1.29, 1.82) is 0 Å². The summed E-state index contributed by atoms with van der Waals surface area (Å²) in [6.07, 6.45) is 4.44. The lowest BCUT2D eigenvalue weighted by molar-refractivity contribution is 0.101. The Morgan fingerprint density at radius 3 is 2.04 bits per heavy atom. The minimum atomic E-state index is 0.0380. The maximum Gasteiger partial charge on any atom is 0.119 e. The first kappa shape index (κ1) is 16.8. The van der Waals surface area contributed by atoms with Crippen LogP contribution >= 0.6 is 11.8 Å². The van der Waals surface area contributed by atoms with Gasteiger partial charge in [0.15, 0.2) is 0 Å². The fraction of sp³-hybridized carbons (Fsp3) is 0.429. The van der Waals surface area contributed by atoms with Crippen LogP contribution in [-0.2, 0) is 5.41 Å². The molecule has 1 aliphatic carbocycles. The number of thioether (sulfide) groups is 1. The van der Waals surface area contributed by atoms with E-state index in [1.807, 2.05) is 11.8 Å². The van der Waals surface area contributed by atoms with E-state index in [1.165, 1.54) is 22.6 Å². The number of ether oxygens (including phenoxy) is 1. The monoisotopic (exact) mass is 355 g/mol. The van der Waals surface area contributed by atoms with Crippen LogP contribution < -0.4 is 10.5 Å². The van der Waals surface area contributed by atoms with Crippen LogP contribution in [0, 0.1) is 0 Å². The average Bonchev–Trinajstić information content (AvgIpc) is 2.62. The van der Waals surface area contributed by atoms with Gasteiger partial charge in [0.2, 0.25) is 0 Å². The number of hydrogen-bond acceptors (Lipinski definition) is 4. The van der Waals surface area contributed by atoms with Gasteiger partial charge in [-0.3, -0.25) is 0 Å². The molecule has 2 aromatic carbocycles. The Morgan fingerprint density at radius 1 is 0.920 bits per heavy atom. The Morgan fingerprint density at radius 2 is 1.48 bits per heavy atom. The summed E-state index contributed by atoms with van der Waals surface area (Å²) in [5, 5.41) is 9.65.